The number of ether oxygens (including phenoxy) is 1. The maximum atomic E-state index is 13.7. The predicted octanol–water partition coefficient (Wildman–Crippen LogP) is 4.45. The Labute approximate surface area is 246 Å². The number of aryl methyl sites for hydroxylation is 1. The minimum absolute atomic E-state index is 0.103. The molecule has 4 rings (SSSR count). The van der Waals surface area contributed by atoms with Crippen LogP contribution in [-0.4, -0.2) is 64.7 Å². The Morgan fingerprint density at radius 3 is 2.63 bits per heavy atom. The van der Waals surface area contributed by atoms with E-state index in [-0.39, 0.29) is 36.8 Å². The van der Waals surface area contributed by atoms with Crippen LogP contribution in [0, 0.1) is 0 Å². The van der Waals surface area contributed by atoms with Gasteiger partial charge in [0.05, 0.1) is 23.8 Å². The Kier molecular flexibility index (Phi) is 10.4. The summed E-state index contributed by atoms with van der Waals surface area (Å²) in [6.07, 6.45) is 1.73. The van der Waals surface area contributed by atoms with E-state index in [4.69, 9.17) is 16.3 Å². The SMILES string of the molecule is CCn1nc(C(C)C)cc1C(=O)N1CCCCNC(=O)c2cc(Cl)ccc2OC[C@H](Cc2ccccc2)NC(=O)C1. The molecule has 0 saturated carbocycles. The van der Waals surface area contributed by atoms with E-state index in [2.05, 4.69) is 15.7 Å². The van der Waals surface area contributed by atoms with Crippen LogP contribution in [0.3, 0.4) is 0 Å². The molecule has 1 aromatic heterocycles. The summed E-state index contributed by atoms with van der Waals surface area (Å²) in [6.45, 7) is 7.32. The van der Waals surface area contributed by atoms with Crippen LogP contribution in [0.15, 0.2) is 54.6 Å². The third-order valence-electron chi connectivity index (χ3n) is 6.99. The number of aromatic nitrogens is 2. The summed E-state index contributed by atoms with van der Waals surface area (Å²) in [5.41, 5.74) is 2.66. The van der Waals surface area contributed by atoms with Gasteiger partial charge in [0.2, 0.25) is 5.91 Å². The summed E-state index contributed by atoms with van der Waals surface area (Å²) in [4.78, 5) is 41.7. The maximum Gasteiger partial charge on any atom is 0.272 e. The third kappa shape index (κ3) is 8.10. The lowest BCUT2D eigenvalue weighted by Crippen LogP contribution is -2.47. The number of fused-ring (bicyclic) bond motifs is 1. The van der Waals surface area contributed by atoms with E-state index >= 15 is 0 Å². The molecule has 0 bridgehead atoms. The highest BCUT2D eigenvalue weighted by Crippen LogP contribution is 2.24. The summed E-state index contributed by atoms with van der Waals surface area (Å²) in [5, 5.41) is 11.0. The topological polar surface area (TPSA) is 106 Å². The first-order valence-electron chi connectivity index (χ1n) is 14.2. The smallest absolute Gasteiger partial charge is 0.272 e. The summed E-state index contributed by atoms with van der Waals surface area (Å²) < 4.78 is 7.79. The maximum absolute atomic E-state index is 13.7. The van der Waals surface area contributed by atoms with Crippen LogP contribution < -0.4 is 15.4 Å². The molecule has 41 heavy (non-hydrogen) atoms. The average Bonchev–Trinajstić information content (AvgIpc) is 3.40. The van der Waals surface area contributed by atoms with E-state index in [0.717, 1.165) is 11.3 Å². The highest BCUT2D eigenvalue weighted by Gasteiger charge is 2.25. The molecule has 0 unspecified atom stereocenters. The molecule has 3 amide bonds. The van der Waals surface area contributed by atoms with Gasteiger partial charge >= 0.3 is 0 Å². The van der Waals surface area contributed by atoms with E-state index in [1.54, 1.807) is 27.8 Å². The molecule has 0 aliphatic carbocycles. The van der Waals surface area contributed by atoms with E-state index in [0.29, 0.717) is 60.9 Å². The number of nitrogens with zero attached hydrogens (tertiary/aromatic N) is 3. The van der Waals surface area contributed by atoms with E-state index in [9.17, 15) is 14.4 Å². The summed E-state index contributed by atoms with van der Waals surface area (Å²) in [7, 11) is 0. The van der Waals surface area contributed by atoms with Crippen molar-refractivity contribution in [2.75, 3.05) is 26.2 Å². The van der Waals surface area contributed by atoms with Gasteiger partial charge in [-0.05, 0) is 61.9 Å². The van der Waals surface area contributed by atoms with Gasteiger partial charge in [-0.3, -0.25) is 19.1 Å². The summed E-state index contributed by atoms with van der Waals surface area (Å²) in [6, 6.07) is 16.1. The van der Waals surface area contributed by atoms with Crippen molar-refractivity contribution in [3.8, 4) is 5.75 Å². The lowest BCUT2D eigenvalue weighted by Gasteiger charge is -2.25. The molecular weight excluding hydrogens is 542 g/mol. The molecule has 0 saturated heterocycles. The second-order valence-corrected chi connectivity index (χ2v) is 11.0. The Bertz CT molecular complexity index is 1360. The number of amides is 3. The van der Waals surface area contributed by atoms with Gasteiger partial charge < -0.3 is 20.3 Å². The van der Waals surface area contributed by atoms with Gasteiger partial charge in [0.1, 0.15) is 18.1 Å². The molecule has 0 radical (unpaired) electrons. The second kappa shape index (κ2) is 14.2. The quantitative estimate of drug-likeness (QED) is 0.464. The highest BCUT2D eigenvalue weighted by atomic mass is 35.5. The van der Waals surface area contributed by atoms with Crippen LogP contribution >= 0.6 is 11.6 Å². The van der Waals surface area contributed by atoms with Crippen molar-refractivity contribution >= 4 is 29.3 Å². The van der Waals surface area contributed by atoms with Crippen LogP contribution in [0.4, 0.5) is 0 Å². The number of nitrogens with one attached hydrogen (secondary N) is 2. The zero-order chi connectivity index (χ0) is 29.4. The normalized spacial score (nSPS) is 17.1. The Hall–Kier alpha value is -3.85. The lowest BCUT2D eigenvalue weighted by molar-refractivity contribution is -0.122. The zero-order valence-corrected chi connectivity index (χ0v) is 24.6. The van der Waals surface area contributed by atoms with Gasteiger partial charge in [-0.15, -0.1) is 0 Å². The number of hydrogen-bond acceptors (Lipinski definition) is 5. The van der Waals surface area contributed by atoms with Crippen molar-refractivity contribution < 1.29 is 19.1 Å². The molecule has 218 valence electrons. The summed E-state index contributed by atoms with van der Waals surface area (Å²) >= 11 is 6.19. The third-order valence-corrected chi connectivity index (χ3v) is 7.22. The van der Waals surface area contributed by atoms with Gasteiger partial charge in [0, 0.05) is 24.7 Å². The van der Waals surface area contributed by atoms with Crippen molar-refractivity contribution in [1.29, 1.82) is 0 Å². The summed E-state index contributed by atoms with van der Waals surface area (Å²) in [5.74, 6) is -0.258. The number of carbonyl (C=O) groups is 3. The molecule has 2 aromatic carbocycles. The number of carbonyl (C=O) groups excluding carboxylic acids is 3. The van der Waals surface area contributed by atoms with Crippen LogP contribution in [0.25, 0.3) is 0 Å². The molecule has 2 heterocycles. The number of halogens is 1. The molecule has 1 aliphatic heterocycles. The number of rotatable bonds is 5. The second-order valence-electron chi connectivity index (χ2n) is 10.5. The average molecular weight is 580 g/mol. The standard InChI is InChI=1S/C31H38ClN5O4/c1-4-37-27(18-26(35-37)21(2)3)31(40)36-15-9-8-14-33-30(39)25-17-23(32)12-13-28(25)41-20-24(34-29(38)19-36)16-22-10-6-5-7-11-22/h5-7,10-13,17-18,21,24H,4,8-9,14-16,19-20H2,1-3H3,(H,33,39)(H,34,38)/t24-/m0/s1. The number of hydrogen-bond donors (Lipinski definition) is 2. The molecule has 1 atom stereocenters. The van der Waals surface area contributed by atoms with E-state index < -0.39 is 6.04 Å². The zero-order valence-electron chi connectivity index (χ0n) is 23.9. The first-order chi connectivity index (χ1) is 19.7. The number of benzene rings is 2. The molecule has 10 heteroatoms. The molecule has 1 aliphatic rings. The van der Waals surface area contributed by atoms with Gasteiger partial charge in [-0.25, -0.2) is 0 Å². The minimum atomic E-state index is -0.410. The fraction of sp³-hybridized carbons (Fsp3) is 0.419. The molecule has 0 spiro atoms. The van der Waals surface area contributed by atoms with Gasteiger partial charge in [-0.1, -0.05) is 55.8 Å². The van der Waals surface area contributed by atoms with Crippen molar-refractivity contribution in [3.63, 3.8) is 0 Å². The molecular formula is C31H38ClN5O4. The first-order valence-corrected chi connectivity index (χ1v) is 14.5. The molecule has 3 aromatic rings. The van der Waals surface area contributed by atoms with Crippen molar-refractivity contribution in [1.82, 2.24) is 25.3 Å². The fourth-order valence-corrected chi connectivity index (χ4v) is 4.94. The minimum Gasteiger partial charge on any atom is -0.491 e. The monoisotopic (exact) mass is 579 g/mol. The largest absolute Gasteiger partial charge is 0.491 e. The van der Waals surface area contributed by atoms with Crippen LogP contribution in [-0.2, 0) is 17.8 Å². The van der Waals surface area contributed by atoms with Crippen LogP contribution in [0.1, 0.15) is 71.6 Å². The molecule has 2 N–H and O–H groups in total. The molecule has 9 nitrogen and oxygen atoms in total. The van der Waals surface area contributed by atoms with Crippen molar-refractivity contribution in [2.24, 2.45) is 0 Å². The van der Waals surface area contributed by atoms with Crippen LogP contribution in [0.5, 0.6) is 5.75 Å². The highest BCUT2D eigenvalue weighted by molar-refractivity contribution is 6.31. The van der Waals surface area contributed by atoms with Gasteiger partial charge in [0.15, 0.2) is 0 Å². The Balaban J connectivity index is 1.60. The molecule has 0 fully saturated rings. The predicted molar refractivity (Wildman–Crippen MR) is 158 cm³/mol. The lowest BCUT2D eigenvalue weighted by atomic mass is 10.1. The first kappa shape index (κ1) is 30.1. The van der Waals surface area contributed by atoms with E-state index in [1.807, 2.05) is 57.2 Å². The van der Waals surface area contributed by atoms with E-state index in [1.165, 1.54) is 0 Å². The van der Waals surface area contributed by atoms with Gasteiger partial charge in [-0.2, -0.15) is 5.10 Å². The Morgan fingerprint density at radius 1 is 1.12 bits per heavy atom. The van der Waals surface area contributed by atoms with Gasteiger partial charge in [0.25, 0.3) is 11.8 Å². The van der Waals surface area contributed by atoms with Crippen molar-refractivity contribution in [3.05, 3.63) is 82.1 Å². The fourth-order valence-electron chi connectivity index (χ4n) is 4.76. The van der Waals surface area contributed by atoms with Crippen LogP contribution in [0.2, 0.25) is 5.02 Å². The Morgan fingerprint density at radius 2 is 1.90 bits per heavy atom. The van der Waals surface area contributed by atoms with Crippen molar-refractivity contribution in [2.45, 2.75) is 58.5 Å².